The molecule has 2 aromatic rings. The van der Waals surface area contributed by atoms with Gasteiger partial charge < -0.3 is 9.84 Å². The number of likely N-dealkylation sites (tertiary alicyclic amines) is 1. The quantitative estimate of drug-likeness (QED) is 0.943. The molecule has 23 heavy (non-hydrogen) atoms. The standard InChI is InChI=1S/C18H21FN2O2/c19-16-3-1-2-13-4-5-15(20-17(13)16)9-21-8-14-10-23-7-6-18(14,11-21)12-22/h1-5,14,22H,6-12H2/t14-,18-/m1/s1. The third-order valence-corrected chi connectivity index (χ3v) is 5.38. The lowest BCUT2D eigenvalue weighted by atomic mass is 9.75. The number of nitrogens with zero attached hydrogens (tertiary/aromatic N) is 2. The number of halogens is 1. The summed E-state index contributed by atoms with van der Waals surface area (Å²) in [6.07, 6.45) is 0.907. The van der Waals surface area contributed by atoms with Crippen LogP contribution in [0.15, 0.2) is 30.3 Å². The molecule has 1 aromatic carbocycles. The third kappa shape index (κ3) is 2.63. The lowest BCUT2D eigenvalue weighted by Crippen LogP contribution is -2.41. The van der Waals surface area contributed by atoms with Crippen molar-refractivity contribution < 1.29 is 14.2 Å². The van der Waals surface area contributed by atoms with Crippen LogP contribution in [0.3, 0.4) is 0 Å². The summed E-state index contributed by atoms with van der Waals surface area (Å²) in [6.45, 7) is 4.09. The summed E-state index contributed by atoms with van der Waals surface area (Å²) in [5.41, 5.74) is 1.26. The predicted molar refractivity (Wildman–Crippen MR) is 85.4 cm³/mol. The Kier molecular flexibility index (Phi) is 3.79. The van der Waals surface area contributed by atoms with Crippen molar-refractivity contribution in [1.29, 1.82) is 0 Å². The van der Waals surface area contributed by atoms with Crippen molar-refractivity contribution in [3.05, 3.63) is 41.8 Å². The summed E-state index contributed by atoms with van der Waals surface area (Å²) >= 11 is 0. The molecule has 2 aliphatic heterocycles. The van der Waals surface area contributed by atoms with Gasteiger partial charge in [0, 0.05) is 43.0 Å². The van der Waals surface area contributed by atoms with E-state index in [2.05, 4.69) is 9.88 Å². The molecule has 2 fully saturated rings. The van der Waals surface area contributed by atoms with Gasteiger partial charge in [0.25, 0.3) is 0 Å². The highest BCUT2D eigenvalue weighted by molar-refractivity contribution is 5.79. The van der Waals surface area contributed by atoms with E-state index in [0.717, 1.165) is 43.8 Å². The second-order valence-corrected chi connectivity index (χ2v) is 6.83. The minimum absolute atomic E-state index is 0.0413. The Morgan fingerprint density at radius 1 is 1.35 bits per heavy atom. The number of hydrogen-bond donors (Lipinski definition) is 1. The van der Waals surface area contributed by atoms with Gasteiger partial charge in [-0.1, -0.05) is 18.2 Å². The first-order valence-corrected chi connectivity index (χ1v) is 8.15. The third-order valence-electron chi connectivity index (χ3n) is 5.38. The van der Waals surface area contributed by atoms with Gasteiger partial charge in [-0.15, -0.1) is 0 Å². The second-order valence-electron chi connectivity index (χ2n) is 6.83. The minimum Gasteiger partial charge on any atom is -0.396 e. The van der Waals surface area contributed by atoms with Crippen LogP contribution in [0.25, 0.3) is 10.9 Å². The molecule has 2 atom stereocenters. The number of aliphatic hydroxyl groups is 1. The molecule has 1 aromatic heterocycles. The largest absolute Gasteiger partial charge is 0.396 e. The summed E-state index contributed by atoms with van der Waals surface area (Å²) < 4.78 is 19.5. The summed E-state index contributed by atoms with van der Waals surface area (Å²) in [5, 5.41) is 10.7. The molecular formula is C18H21FN2O2. The number of aromatic nitrogens is 1. The molecule has 2 saturated heterocycles. The van der Waals surface area contributed by atoms with E-state index in [9.17, 15) is 9.50 Å². The number of rotatable bonds is 3. The summed E-state index contributed by atoms with van der Waals surface area (Å²) in [6, 6.07) is 8.91. The number of pyridine rings is 1. The minimum atomic E-state index is -0.278. The van der Waals surface area contributed by atoms with Gasteiger partial charge in [0.15, 0.2) is 0 Å². The second kappa shape index (κ2) is 5.82. The van der Waals surface area contributed by atoms with Crippen molar-refractivity contribution in [3.8, 4) is 0 Å². The van der Waals surface area contributed by atoms with E-state index in [4.69, 9.17) is 4.74 Å². The molecule has 0 radical (unpaired) electrons. The van der Waals surface area contributed by atoms with Gasteiger partial charge in [-0.25, -0.2) is 9.37 Å². The van der Waals surface area contributed by atoms with Crippen molar-refractivity contribution in [2.45, 2.75) is 13.0 Å². The first-order valence-electron chi connectivity index (χ1n) is 8.15. The summed E-state index contributed by atoms with van der Waals surface area (Å²) in [5.74, 6) is 0.0955. The lowest BCUT2D eigenvalue weighted by Gasteiger charge is -2.36. The average molecular weight is 316 g/mol. The van der Waals surface area contributed by atoms with Crippen LogP contribution in [0.4, 0.5) is 4.39 Å². The van der Waals surface area contributed by atoms with Crippen molar-refractivity contribution in [1.82, 2.24) is 9.88 Å². The fourth-order valence-electron chi connectivity index (χ4n) is 4.01. The van der Waals surface area contributed by atoms with Crippen molar-refractivity contribution in [3.63, 3.8) is 0 Å². The maximum Gasteiger partial charge on any atom is 0.149 e. The molecule has 0 spiro atoms. The van der Waals surface area contributed by atoms with Crippen LogP contribution in [0, 0.1) is 17.2 Å². The Labute approximate surface area is 134 Å². The molecule has 122 valence electrons. The smallest absolute Gasteiger partial charge is 0.149 e. The van der Waals surface area contributed by atoms with E-state index in [1.165, 1.54) is 6.07 Å². The van der Waals surface area contributed by atoms with Crippen LogP contribution in [0.2, 0.25) is 0 Å². The Morgan fingerprint density at radius 2 is 2.26 bits per heavy atom. The first kappa shape index (κ1) is 15.0. The maximum absolute atomic E-state index is 13.9. The van der Waals surface area contributed by atoms with E-state index < -0.39 is 0 Å². The number of para-hydroxylation sites is 1. The monoisotopic (exact) mass is 316 g/mol. The van der Waals surface area contributed by atoms with Crippen molar-refractivity contribution in [2.24, 2.45) is 11.3 Å². The molecule has 0 saturated carbocycles. The Balaban J connectivity index is 1.56. The molecule has 0 amide bonds. The van der Waals surface area contributed by atoms with Crippen LogP contribution in [-0.4, -0.2) is 47.9 Å². The van der Waals surface area contributed by atoms with Crippen molar-refractivity contribution >= 4 is 10.9 Å². The van der Waals surface area contributed by atoms with E-state index in [1.54, 1.807) is 6.07 Å². The maximum atomic E-state index is 13.9. The van der Waals surface area contributed by atoms with Crippen LogP contribution in [0.1, 0.15) is 12.1 Å². The van der Waals surface area contributed by atoms with E-state index >= 15 is 0 Å². The Morgan fingerprint density at radius 3 is 3.09 bits per heavy atom. The number of aliphatic hydroxyl groups excluding tert-OH is 1. The molecule has 1 N–H and O–H groups in total. The fraction of sp³-hybridized carbons (Fsp3) is 0.500. The topological polar surface area (TPSA) is 45.6 Å². The lowest BCUT2D eigenvalue weighted by molar-refractivity contribution is -0.0417. The molecule has 0 aliphatic carbocycles. The first-order chi connectivity index (χ1) is 11.2. The number of hydrogen-bond acceptors (Lipinski definition) is 4. The molecule has 0 unspecified atom stereocenters. The highest BCUT2D eigenvalue weighted by Gasteiger charge is 2.47. The zero-order chi connectivity index (χ0) is 15.9. The van der Waals surface area contributed by atoms with E-state index in [1.807, 2.05) is 18.2 Å². The van der Waals surface area contributed by atoms with E-state index in [-0.39, 0.29) is 17.8 Å². The Bertz CT molecular complexity index is 723. The number of fused-ring (bicyclic) bond motifs is 2. The number of benzene rings is 1. The Hall–Kier alpha value is -1.56. The highest BCUT2D eigenvalue weighted by atomic mass is 19.1. The SMILES string of the molecule is OC[C@]12CCOC[C@H]1CN(Cc1ccc3cccc(F)c3n1)C2. The molecule has 3 heterocycles. The molecule has 4 nitrogen and oxygen atoms in total. The predicted octanol–water partition coefficient (Wildman–Crippen LogP) is 2.20. The summed E-state index contributed by atoms with van der Waals surface area (Å²) in [7, 11) is 0. The van der Waals surface area contributed by atoms with Crippen LogP contribution >= 0.6 is 0 Å². The van der Waals surface area contributed by atoms with Gasteiger partial charge in [0.1, 0.15) is 11.3 Å². The van der Waals surface area contributed by atoms with Gasteiger partial charge in [0.2, 0.25) is 0 Å². The van der Waals surface area contributed by atoms with E-state index in [0.29, 0.717) is 18.0 Å². The van der Waals surface area contributed by atoms with Gasteiger partial charge in [-0.05, 0) is 18.6 Å². The van der Waals surface area contributed by atoms with Crippen LogP contribution < -0.4 is 0 Å². The van der Waals surface area contributed by atoms with Crippen molar-refractivity contribution in [2.75, 3.05) is 32.9 Å². The van der Waals surface area contributed by atoms with Crippen LogP contribution in [-0.2, 0) is 11.3 Å². The molecule has 5 heteroatoms. The van der Waals surface area contributed by atoms with Gasteiger partial charge in [-0.2, -0.15) is 0 Å². The van der Waals surface area contributed by atoms with Gasteiger partial charge in [0.05, 0.1) is 18.9 Å². The highest BCUT2D eigenvalue weighted by Crippen LogP contribution is 2.42. The van der Waals surface area contributed by atoms with Gasteiger partial charge >= 0.3 is 0 Å². The zero-order valence-electron chi connectivity index (χ0n) is 13.0. The summed E-state index contributed by atoms with van der Waals surface area (Å²) in [4.78, 5) is 6.80. The zero-order valence-corrected chi connectivity index (χ0v) is 13.0. The van der Waals surface area contributed by atoms with Crippen LogP contribution in [0.5, 0.6) is 0 Å². The normalized spacial score (nSPS) is 28.2. The van der Waals surface area contributed by atoms with Gasteiger partial charge in [-0.3, -0.25) is 4.90 Å². The number of ether oxygens (including phenoxy) is 1. The molecular weight excluding hydrogens is 295 g/mol. The fourth-order valence-corrected chi connectivity index (χ4v) is 4.01. The molecule has 2 aliphatic rings. The molecule has 0 bridgehead atoms. The molecule has 4 rings (SSSR count). The average Bonchev–Trinajstić information content (AvgIpc) is 2.94.